The first-order valence-corrected chi connectivity index (χ1v) is 10.3. The number of aromatic nitrogens is 3. The molecule has 0 radical (unpaired) electrons. The Kier molecular flexibility index (Phi) is 5.93. The minimum absolute atomic E-state index is 0.0232. The minimum Gasteiger partial charge on any atom is -0.474 e. The lowest BCUT2D eigenvalue weighted by molar-refractivity contribution is -0.174. The SMILES string of the molecule is Cc1ncc(C2(COc3cccc(C(F)(F)F)n3)CCO2)c(C2CCN(C(=O)O)CC2)n1. The van der Waals surface area contributed by atoms with Gasteiger partial charge in [-0.2, -0.15) is 13.2 Å². The Morgan fingerprint density at radius 3 is 2.62 bits per heavy atom. The Balaban J connectivity index is 1.56. The summed E-state index contributed by atoms with van der Waals surface area (Å²) >= 11 is 0. The van der Waals surface area contributed by atoms with Crippen molar-refractivity contribution in [2.24, 2.45) is 0 Å². The number of hydrogen-bond donors (Lipinski definition) is 1. The number of alkyl halides is 3. The molecule has 172 valence electrons. The van der Waals surface area contributed by atoms with Crippen LogP contribution in [0.25, 0.3) is 0 Å². The van der Waals surface area contributed by atoms with Crippen molar-refractivity contribution < 1.29 is 32.5 Å². The van der Waals surface area contributed by atoms with Crippen molar-refractivity contribution in [3.63, 3.8) is 0 Å². The fraction of sp³-hybridized carbons (Fsp3) is 0.524. The number of halogens is 3. The first-order valence-electron chi connectivity index (χ1n) is 10.3. The summed E-state index contributed by atoms with van der Waals surface area (Å²) < 4.78 is 50.4. The fourth-order valence-corrected chi connectivity index (χ4v) is 4.09. The minimum atomic E-state index is -4.56. The van der Waals surface area contributed by atoms with Crippen LogP contribution in [0, 0.1) is 6.92 Å². The lowest BCUT2D eigenvalue weighted by atomic mass is 9.81. The smallest absolute Gasteiger partial charge is 0.433 e. The van der Waals surface area contributed by atoms with Crippen LogP contribution in [0.4, 0.5) is 18.0 Å². The van der Waals surface area contributed by atoms with Crippen LogP contribution < -0.4 is 4.74 Å². The van der Waals surface area contributed by atoms with Crippen LogP contribution in [-0.4, -0.2) is 57.4 Å². The summed E-state index contributed by atoms with van der Waals surface area (Å²) in [6.07, 6.45) is -2.00. The molecule has 0 aliphatic carbocycles. The molecule has 8 nitrogen and oxygen atoms in total. The molecular weight excluding hydrogens is 429 g/mol. The van der Waals surface area contributed by atoms with Crippen LogP contribution in [0.15, 0.2) is 24.4 Å². The Labute approximate surface area is 182 Å². The maximum absolute atomic E-state index is 13.0. The number of carbonyl (C=O) groups is 1. The van der Waals surface area contributed by atoms with E-state index in [2.05, 4.69) is 15.0 Å². The number of hydrogen-bond acceptors (Lipinski definition) is 6. The summed E-state index contributed by atoms with van der Waals surface area (Å²) in [5, 5.41) is 9.21. The molecule has 2 aliphatic rings. The highest BCUT2D eigenvalue weighted by Gasteiger charge is 2.45. The molecule has 2 aromatic rings. The van der Waals surface area contributed by atoms with E-state index in [0.29, 0.717) is 44.8 Å². The molecule has 0 bridgehead atoms. The van der Waals surface area contributed by atoms with E-state index >= 15 is 0 Å². The van der Waals surface area contributed by atoms with Gasteiger partial charge in [0.15, 0.2) is 0 Å². The van der Waals surface area contributed by atoms with Crippen molar-refractivity contribution in [1.82, 2.24) is 19.9 Å². The van der Waals surface area contributed by atoms with Crippen LogP contribution in [0.5, 0.6) is 5.88 Å². The predicted octanol–water partition coefficient (Wildman–Crippen LogP) is 3.75. The molecule has 2 aliphatic heterocycles. The van der Waals surface area contributed by atoms with Gasteiger partial charge in [-0.3, -0.25) is 0 Å². The Bertz CT molecular complexity index is 989. The van der Waals surface area contributed by atoms with Crippen molar-refractivity contribution in [3.8, 4) is 5.88 Å². The first-order chi connectivity index (χ1) is 15.2. The number of aryl methyl sites for hydroxylation is 1. The average molecular weight is 452 g/mol. The molecule has 2 saturated heterocycles. The molecule has 0 spiro atoms. The van der Waals surface area contributed by atoms with Crippen LogP contribution >= 0.6 is 0 Å². The third kappa shape index (κ3) is 4.47. The van der Waals surface area contributed by atoms with Gasteiger partial charge in [0.05, 0.1) is 12.3 Å². The summed E-state index contributed by atoms with van der Waals surface area (Å²) in [6, 6.07) is 3.50. The molecule has 1 amide bonds. The highest BCUT2D eigenvalue weighted by molar-refractivity contribution is 5.65. The molecule has 4 heterocycles. The average Bonchev–Trinajstić information content (AvgIpc) is 2.73. The first kappa shape index (κ1) is 22.3. The number of pyridine rings is 1. The maximum atomic E-state index is 13.0. The Morgan fingerprint density at radius 2 is 2.03 bits per heavy atom. The van der Waals surface area contributed by atoms with Gasteiger partial charge in [0.25, 0.3) is 0 Å². The zero-order valence-corrected chi connectivity index (χ0v) is 17.4. The highest BCUT2D eigenvalue weighted by atomic mass is 19.4. The van der Waals surface area contributed by atoms with Gasteiger partial charge in [0.2, 0.25) is 5.88 Å². The van der Waals surface area contributed by atoms with Crippen molar-refractivity contribution in [3.05, 3.63) is 47.2 Å². The molecule has 0 aromatic carbocycles. The Morgan fingerprint density at radius 1 is 1.31 bits per heavy atom. The maximum Gasteiger partial charge on any atom is 0.433 e. The third-order valence-corrected chi connectivity index (χ3v) is 5.93. The van der Waals surface area contributed by atoms with E-state index in [-0.39, 0.29) is 18.4 Å². The van der Waals surface area contributed by atoms with E-state index in [4.69, 9.17) is 9.47 Å². The van der Waals surface area contributed by atoms with Gasteiger partial charge in [-0.25, -0.2) is 19.7 Å². The molecular formula is C21H23F3N4O4. The highest BCUT2D eigenvalue weighted by Crippen LogP contribution is 2.42. The Hall–Kier alpha value is -2.95. The standard InChI is InChI=1S/C21H23F3N4O4/c1-13-25-11-15(18(26-13)14-5-8-28(9-6-14)19(29)30)20(7-10-32-20)12-31-17-4-2-3-16(27-17)21(22,23)24/h2-4,11,14H,5-10,12H2,1H3,(H,29,30). The zero-order valence-electron chi connectivity index (χ0n) is 17.4. The van der Waals surface area contributed by atoms with Gasteiger partial charge >= 0.3 is 12.3 Å². The van der Waals surface area contributed by atoms with Crippen molar-refractivity contribution in [2.45, 2.75) is 43.9 Å². The molecule has 2 fully saturated rings. The molecule has 0 saturated carbocycles. The van der Waals surface area contributed by atoms with E-state index in [0.717, 1.165) is 17.3 Å². The topological polar surface area (TPSA) is 97.7 Å². The second-order valence-corrected chi connectivity index (χ2v) is 8.00. The van der Waals surface area contributed by atoms with E-state index < -0.39 is 23.6 Å². The molecule has 32 heavy (non-hydrogen) atoms. The van der Waals surface area contributed by atoms with Gasteiger partial charge in [0.1, 0.15) is 23.7 Å². The fourth-order valence-electron chi connectivity index (χ4n) is 4.09. The van der Waals surface area contributed by atoms with E-state index in [1.54, 1.807) is 13.1 Å². The third-order valence-electron chi connectivity index (χ3n) is 5.93. The second kappa shape index (κ2) is 8.53. The summed E-state index contributed by atoms with van der Waals surface area (Å²) in [7, 11) is 0. The van der Waals surface area contributed by atoms with Gasteiger partial charge in [0, 0.05) is 43.3 Å². The molecule has 1 N–H and O–H groups in total. The van der Waals surface area contributed by atoms with Gasteiger partial charge < -0.3 is 19.5 Å². The van der Waals surface area contributed by atoms with Crippen molar-refractivity contribution in [2.75, 3.05) is 26.3 Å². The number of carboxylic acid groups (broad SMARTS) is 1. The van der Waals surface area contributed by atoms with Gasteiger partial charge in [-0.05, 0) is 25.8 Å². The van der Waals surface area contributed by atoms with Gasteiger partial charge in [-0.15, -0.1) is 0 Å². The van der Waals surface area contributed by atoms with Crippen LogP contribution in [0.2, 0.25) is 0 Å². The van der Waals surface area contributed by atoms with E-state index in [9.17, 15) is 23.1 Å². The molecule has 2 aromatic heterocycles. The zero-order chi connectivity index (χ0) is 22.9. The number of amides is 1. The van der Waals surface area contributed by atoms with E-state index in [1.807, 2.05) is 0 Å². The normalized spacial score (nSPS) is 21.8. The molecule has 11 heteroatoms. The van der Waals surface area contributed by atoms with Crippen LogP contribution in [0.1, 0.15) is 48.0 Å². The monoisotopic (exact) mass is 452 g/mol. The number of rotatable bonds is 5. The summed E-state index contributed by atoms with van der Waals surface area (Å²) in [6.45, 7) is 3.03. The number of ether oxygens (including phenoxy) is 2. The molecule has 4 rings (SSSR count). The largest absolute Gasteiger partial charge is 0.474 e. The van der Waals surface area contributed by atoms with Crippen LogP contribution in [0.3, 0.4) is 0 Å². The summed E-state index contributed by atoms with van der Waals surface area (Å²) in [4.78, 5) is 25.1. The summed E-state index contributed by atoms with van der Waals surface area (Å²) in [5.74, 6) is 0.466. The number of likely N-dealkylation sites (tertiary alicyclic amines) is 1. The van der Waals surface area contributed by atoms with Crippen LogP contribution in [-0.2, 0) is 16.5 Å². The van der Waals surface area contributed by atoms with Crippen molar-refractivity contribution >= 4 is 6.09 Å². The van der Waals surface area contributed by atoms with Gasteiger partial charge in [-0.1, -0.05) is 6.07 Å². The second-order valence-electron chi connectivity index (χ2n) is 8.00. The lowest BCUT2D eigenvalue weighted by Gasteiger charge is -2.43. The lowest BCUT2D eigenvalue weighted by Crippen LogP contribution is -2.47. The predicted molar refractivity (Wildman–Crippen MR) is 105 cm³/mol. The molecule has 1 unspecified atom stereocenters. The molecule has 1 atom stereocenters. The number of piperidine rings is 1. The van der Waals surface area contributed by atoms with Crippen molar-refractivity contribution in [1.29, 1.82) is 0 Å². The summed E-state index contributed by atoms with van der Waals surface area (Å²) in [5.41, 5.74) is -0.399. The number of nitrogens with zero attached hydrogens (tertiary/aromatic N) is 4. The quantitative estimate of drug-likeness (QED) is 0.738. The van der Waals surface area contributed by atoms with E-state index in [1.165, 1.54) is 17.0 Å².